The monoisotopic (exact) mass is 283 g/mol. The molecule has 6 heteroatoms. The maximum atomic E-state index is 8.88. The minimum atomic E-state index is 0.237. The van der Waals surface area contributed by atoms with Gasteiger partial charge in [0.1, 0.15) is 16.5 Å². The Morgan fingerprint density at radius 2 is 2.33 bits per heavy atom. The fraction of sp³-hybridized carbons (Fsp3) is 0.500. The first kappa shape index (κ1) is 13.6. The Bertz CT molecular complexity index is 515. The molecule has 2 N–H and O–H groups in total. The fourth-order valence-corrected chi connectivity index (χ4v) is 3.25. The van der Waals surface area contributed by atoms with Crippen LogP contribution in [0.4, 0.5) is 5.82 Å². The van der Waals surface area contributed by atoms with Crippen LogP contribution in [0, 0.1) is 0 Å². The molecule has 4 nitrogen and oxygen atoms in total. The summed E-state index contributed by atoms with van der Waals surface area (Å²) < 4.78 is 0. The molecule has 0 radical (unpaired) electrons. The number of aliphatic hydroxyl groups excluding tert-OH is 1. The molecule has 1 unspecified atom stereocenters. The van der Waals surface area contributed by atoms with Crippen molar-refractivity contribution in [1.29, 1.82) is 0 Å². The van der Waals surface area contributed by atoms with Crippen LogP contribution in [-0.2, 0) is 5.75 Å². The van der Waals surface area contributed by atoms with Crippen molar-refractivity contribution in [3.8, 4) is 0 Å². The summed E-state index contributed by atoms with van der Waals surface area (Å²) >= 11 is 3.41. The third-order valence-corrected chi connectivity index (χ3v) is 4.68. The van der Waals surface area contributed by atoms with Gasteiger partial charge < -0.3 is 10.4 Å². The molecule has 0 saturated heterocycles. The van der Waals surface area contributed by atoms with Gasteiger partial charge >= 0.3 is 0 Å². The maximum Gasteiger partial charge on any atom is 0.142 e. The molecule has 0 bridgehead atoms. The van der Waals surface area contributed by atoms with E-state index in [0.29, 0.717) is 5.25 Å². The third kappa shape index (κ3) is 3.13. The molecular formula is C12H17N3OS2. The molecule has 0 fully saturated rings. The third-order valence-electron chi connectivity index (χ3n) is 2.64. The summed E-state index contributed by atoms with van der Waals surface area (Å²) in [6, 6.07) is 2.04. The summed E-state index contributed by atoms with van der Waals surface area (Å²) in [4.78, 5) is 10.1. The van der Waals surface area contributed by atoms with Crippen molar-refractivity contribution in [2.45, 2.75) is 24.3 Å². The van der Waals surface area contributed by atoms with Gasteiger partial charge in [-0.05, 0) is 17.9 Å². The number of thioether (sulfide) groups is 1. The van der Waals surface area contributed by atoms with Crippen LogP contribution in [0.1, 0.15) is 19.2 Å². The molecule has 2 heterocycles. The number of anilines is 1. The number of aromatic nitrogens is 2. The number of hydrogen-bond donors (Lipinski definition) is 2. The summed E-state index contributed by atoms with van der Waals surface area (Å²) in [5.74, 6) is 2.53. The quantitative estimate of drug-likeness (QED) is 0.853. The first-order valence-corrected chi connectivity index (χ1v) is 7.81. The molecule has 0 aromatic carbocycles. The molecule has 0 spiro atoms. The summed E-state index contributed by atoms with van der Waals surface area (Å²) in [5, 5.41) is 15.5. The van der Waals surface area contributed by atoms with Crippen LogP contribution in [0.3, 0.4) is 0 Å². The fourth-order valence-electron chi connectivity index (χ4n) is 1.64. The average molecular weight is 283 g/mol. The Labute approximate surface area is 115 Å². The number of fused-ring (bicyclic) bond motifs is 1. The molecule has 0 aliphatic heterocycles. The molecule has 0 aliphatic carbocycles. The first-order chi connectivity index (χ1) is 8.74. The average Bonchev–Trinajstić information content (AvgIpc) is 2.83. The van der Waals surface area contributed by atoms with Crippen LogP contribution in [0.2, 0.25) is 0 Å². The number of thiophene rings is 1. The van der Waals surface area contributed by atoms with Crippen molar-refractivity contribution < 1.29 is 5.11 Å². The van der Waals surface area contributed by atoms with E-state index in [4.69, 9.17) is 5.11 Å². The molecule has 0 aliphatic rings. The van der Waals surface area contributed by atoms with Gasteiger partial charge in [0.15, 0.2) is 0 Å². The lowest BCUT2D eigenvalue weighted by atomic mass is 10.3. The van der Waals surface area contributed by atoms with Crippen LogP contribution in [0.5, 0.6) is 0 Å². The molecule has 2 aromatic rings. The second kappa shape index (κ2) is 6.36. The van der Waals surface area contributed by atoms with Crippen LogP contribution in [-0.4, -0.2) is 34.0 Å². The predicted molar refractivity (Wildman–Crippen MR) is 79.4 cm³/mol. The molecule has 2 aromatic heterocycles. The van der Waals surface area contributed by atoms with E-state index in [9.17, 15) is 0 Å². The molecule has 0 saturated carbocycles. The largest absolute Gasteiger partial charge is 0.396 e. The maximum absolute atomic E-state index is 8.88. The normalized spacial score (nSPS) is 12.8. The SMILES string of the molecule is CNc1nc(CSC(C)CCO)nc2sccc12. The van der Waals surface area contributed by atoms with Gasteiger partial charge in [-0.1, -0.05) is 6.92 Å². The van der Waals surface area contributed by atoms with Gasteiger partial charge in [0.25, 0.3) is 0 Å². The van der Waals surface area contributed by atoms with Crippen molar-refractivity contribution in [3.05, 3.63) is 17.3 Å². The number of hydrogen-bond acceptors (Lipinski definition) is 6. The van der Waals surface area contributed by atoms with E-state index < -0.39 is 0 Å². The van der Waals surface area contributed by atoms with Crippen LogP contribution >= 0.6 is 23.1 Å². The molecular weight excluding hydrogens is 266 g/mol. The van der Waals surface area contributed by atoms with Crippen LogP contribution in [0.25, 0.3) is 10.2 Å². The van der Waals surface area contributed by atoms with Crippen molar-refractivity contribution in [2.75, 3.05) is 19.0 Å². The van der Waals surface area contributed by atoms with Crippen molar-refractivity contribution in [2.24, 2.45) is 0 Å². The van der Waals surface area contributed by atoms with Gasteiger partial charge in [0.05, 0.1) is 11.1 Å². The van der Waals surface area contributed by atoms with Crippen LogP contribution < -0.4 is 5.32 Å². The van der Waals surface area contributed by atoms with E-state index in [0.717, 1.165) is 34.0 Å². The zero-order valence-corrected chi connectivity index (χ0v) is 12.1. The van der Waals surface area contributed by atoms with E-state index in [2.05, 4.69) is 22.2 Å². The molecule has 18 heavy (non-hydrogen) atoms. The van der Waals surface area contributed by atoms with Crippen molar-refractivity contribution in [3.63, 3.8) is 0 Å². The second-order valence-electron chi connectivity index (χ2n) is 4.01. The smallest absolute Gasteiger partial charge is 0.142 e. The lowest BCUT2D eigenvalue weighted by Crippen LogP contribution is -2.03. The topological polar surface area (TPSA) is 58.0 Å². The Morgan fingerprint density at radius 3 is 3.06 bits per heavy atom. The zero-order valence-electron chi connectivity index (χ0n) is 10.5. The highest BCUT2D eigenvalue weighted by atomic mass is 32.2. The summed E-state index contributed by atoms with van der Waals surface area (Å²) in [6.07, 6.45) is 0.810. The molecule has 98 valence electrons. The highest BCUT2D eigenvalue weighted by Crippen LogP contribution is 2.26. The number of aliphatic hydroxyl groups is 1. The van der Waals surface area contributed by atoms with Gasteiger partial charge in [-0.2, -0.15) is 11.8 Å². The standard InChI is InChI=1S/C12H17N3OS2/c1-8(3-5-16)18-7-10-14-11(13-2)9-4-6-17-12(9)15-10/h4,6,8,16H,3,5,7H2,1-2H3,(H,13,14,15). The summed E-state index contributed by atoms with van der Waals surface area (Å²) in [6.45, 7) is 2.35. The molecule has 2 rings (SSSR count). The number of rotatable bonds is 6. The van der Waals surface area contributed by atoms with E-state index in [1.807, 2.05) is 18.5 Å². The van der Waals surface area contributed by atoms with E-state index in [-0.39, 0.29) is 6.61 Å². The minimum Gasteiger partial charge on any atom is -0.396 e. The van der Waals surface area contributed by atoms with Gasteiger partial charge in [-0.15, -0.1) is 11.3 Å². The Hall–Kier alpha value is -0.850. The van der Waals surface area contributed by atoms with E-state index >= 15 is 0 Å². The Morgan fingerprint density at radius 1 is 1.50 bits per heavy atom. The molecule has 1 atom stereocenters. The first-order valence-electron chi connectivity index (χ1n) is 5.89. The minimum absolute atomic E-state index is 0.237. The lowest BCUT2D eigenvalue weighted by Gasteiger charge is -2.09. The second-order valence-corrected chi connectivity index (χ2v) is 6.33. The molecule has 0 amide bonds. The number of nitrogens with zero attached hydrogens (tertiary/aromatic N) is 2. The van der Waals surface area contributed by atoms with E-state index in [1.165, 1.54) is 0 Å². The van der Waals surface area contributed by atoms with Gasteiger partial charge in [-0.25, -0.2) is 9.97 Å². The van der Waals surface area contributed by atoms with Crippen molar-refractivity contribution >= 4 is 39.1 Å². The zero-order chi connectivity index (χ0) is 13.0. The highest BCUT2D eigenvalue weighted by molar-refractivity contribution is 7.99. The lowest BCUT2D eigenvalue weighted by molar-refractivity contribution is 0.289. The van der Waals surface area contributed by atoms with E-state index in [1.54, 1.807) is 23.1 Å². The van der Waals surface area contributed by atoms with Gasteiger partial charge in [-0.3, -0.25) is 0 Å². The van der Waals surface area contributed by atoms with Crippen LogP contribution in [0.15, 0.2) is 11.4 Å². The summed E-state index contributed by atoms with van der Waals surface area (Å²) in [5.41, 5.74) is 0. The van der Waals surface area contributed by atoms with Gasteiger partial charge in [0.2, 0.25) is 0 Å². The Balaban J connectivity index is 2.13. The Kier molecular flexibility index (Phi) is 4.79. The summed E-state index contributed by atoms with van der Waals surface area (Å²) in [7, 11) is 1.88. The van der Waals surface area contributed by atoms with Crippen molar-refractivity contribution in [1.82, 2.24) is 9.97 Å². The highest BCUT2D eigenvalue weighted by Gasteiger charge is 2.09. The number of nitrogens with one attached hydrogen (secondary N) is 1. The predicted octanol–water partition coefficient (Wildman–Crippen LogP) is 2.74. The van der Waals surface area contributed by atoms with Gasteiger partial charge in [0, 0.05) is 18.9 Å².